The fourth-order valence-corrected chi connectivity index (χ4v) is 1.85. The molecule has 0 heterocycles. The Labute approximate surface area is 129 Å². The molecule has 118 valence electrons. The van der Waals surface area contributed by atoms with Crippen molar-refractivity contribution in [2.24, 2.45) is 0 Å². The molecule has 0 radical (unpaired) electrons. The first-order valence-corrected chi connectivity index (χ1v) is 7.13. The standard InChI is InChI=1S/C16H20N2O4/c1-3-8-22-13-7-4-11(9-14(13)21-2)16(20)17-10-15(19)18-12-5-6-12/h3-4,7,9,12H,1,5-6,8,10H2,2H3,(H,17,20)(H,18,19). The minimum absolute atomic E-state index is 0.0354. The topological polar surface area (TPSA) is 76.7 Å². The normalized spacial score (nSPS) is 13.1. The fraction of sp³-hybridized carbons (Fsp3) is 0.375. The number of amides is 2. The van der Waals surface area contributed by atoms with Crippen molar-refractivity contribution < 1.29 is 19.1 Å². The molecule has 1 aliphatic rings. The van der Waals surface area contributed by atoms with E-state index in [1.807, 2.05) is 0 Å². The molecule has 2 amide bonds. The highest BCUT2D eigenvalue weighted by Crippen LogP contribution is 2.28. The summed E-state index contributed by atoms with van der Waals surface area (Å²) in [5.41, 5.74) is 0.405. The third kappa shape index (κ3) is 4.51. The van der Waals surface area contributed by atoms with Gasteiger partial charge >= 0.3 is 0 Å². The smallest absolute Gasteiger partial charge is 0.251 e. The lowest BCUT2D eigenvalue weighted by Crippen LogP contribution is -2.37. The van der Waals surface area contributed by atoms with Crippen LogP contribution in [0.1, 0.15) is 23.2 Å². The van der Waals surface area contributed by atoms with Crippen molar-refractivity contribution in [3.63, 3.8) is 0 Å². The van der Waals surface area contributed by atoms with Crippen molar-refractivity contribution in [3.05, 3.63) is 36.4 Å². The zero-order valence-corrected chi connectivity index (χ0v) is 12.6. The molecule has 0 spiro atoms. The van der Waals surface area contributed by atoms with Gasteiger partial charge in [-0.05, 0) is 31.0 Å². The Bertz CT molecular complexity index is 567. The van der Waals surface area contributed by atoms with E-state index in [0.29, 0.717) is 23.7 Å². The van der Waals surface area contributed by atoms with Gasteiger partial charge in [0.15, 0.2) is 11.5 Å². The Morgan fingerprint density at radius 3 is 2.77 bits per heavy atom. The maximum Gasteiger partial charge on any atom is 0.251 e. The van der Waals surface area contributed by atoms with Crippen LogP contribution in [0, 0.1) is 0 Å². The zero-order chi connectivity index (χ0) is 15.9. The second-order valence-corrected chi connectivity index (χ2v) is 4.99. The van der Waals surface area contributed by atoms with Crippen LogP contribution in [0.2, 0.25) is 0 Å². The van der Waals surface area contributed by atoms with Crippen molar-refractivity contribution >= 4 is 11.8 Å². The lowest BCUT2D eigenvalue weighted by atomic mass is 10.2. The summed E-state index contributed by atoms with van der Waals surface area (Å²) in [6, 6.07) is 5.13. The molecule has 0 atom stereocenters. The molecule has 1 aromatic rings. The Morgan fingerprint density at radius 2 is 2.14 bits per heavy atom. The van der Waals surface area contributed by atoms with Gasteiger partial charge in [0.05, 0.1) is 13.7 Å². The van der Waals surface area contributed by atoms with E-state index in [1.165, 1.54) is 7.11 Å². The molecule has 0 bridgehead atoms. The van der Waals surface area contributed by atoms with Gasteiger partial charge in [-0.2, -0.15) is 0 Å². The maximum atomic E-state index is 12.0. The number of carbonyl (C=O) groups is 2. The minimum atomic E-state index is -0.334. The van der Waals surface area contributed by atoms with Crippen LogP contribution in [0.3, 0.4) is 0 Å². The number of ether oxygens (including phenoxy) is 2. The molecule has 1 aromatic carbocycles. The first-order valence-electron chi connectivity index (χ1n) is 7.13. The summed E-state index contributed by atoms with van der Waals surface area (Å²) >= 11 is 0. The predicted octanol–water partition coefficient (Wildman–Crippen LogP) is 1.27. The molecule has 2 N–H and O–H groups in total. The summed E-state index contributed by atoms with van der Waals surface area (Å²) < 4.78 is 10.6. The molecule has 22 heavy (non-hydrogen) atoms. The van der Waals surface area contributed by atoms with Gasteiger partial charge in [-0.3, -0.25) is 9.59 Å². The fourth-order valence-electron chi connectivity index (χ4n) is 1.85. The third-order valence-electron chi connectivity index (χ3n) is 3.13. The Kier molecular flexibility index (Phi) is 5.41. The van der Waals surface area contributed by atoms with E-state index in [4.69, 9.17) is 9.47 Å². The molecule has 6 heteroatoms. The van der Waals surface area contributed by atoms with Crippen molar-refractivity contribution in [3.8, 4) is 11.5 Å². The van der Waals surface area contributed by atoms with Gasteiger partial charge < -0.3 is 20.1 Å². The molecule has 1 fully saturated rings. The van der Waals surface area contributed by atoms with Gasteiger partial charge in [0.1, 0.15) is 6.61 Å². The van der Waals surface area contributed by atoms with Crippen molar-refractivity contribution in [2.75, 3.05) is 20.3 Å². The van der Waals surface area contributed by atoms with Gasteiger partial charge in [0.25, 0.3) is 5.91 Å². The van der Waals surface area contributed by atoms with Gasteiger partial charge in [0.2, 0.25) is 5.91 Å². The lowest BCUT2D eigenvalue weighted by Gasteiger charge is -2.11. The highest BCUT2D eigenvalue weighted by atomic mass is 16.5. The third-order valence-corrected chi connectivity index (χ3v) is 3.13. The molecule has 1 aliphatic carbocycles. The van der Waals surface area contributed by atoms with E-state index >= 15 is 0 Å². The quantitative estimate of drug-likeness (QED) is 0.709. The summed E-state index contributed by atoms with van der Waals surface area (Å²) in [6.07, 6.45) is 3.66. The average molecular weight is 304 g/mol. The monoisotopic (exact) mass is 304 g/mol. The number of nitrogens with one attached hydrogen (secondary N) is 2. The first kappa shape index (κ1) is 15.9. The van der Waals surface area contributed by atoms with Crippen molar-refractivity contribution in [2.45, 2.75) is 18.9 Å². The van der Waals surface area contributed by atoms with Crippen LogP contribution in [0.4, 0.5) is 0 Å². The zero-order valence-electron chi connectivity index (χ0n) is 12.6. The number of hydrogen-bond donors (Lipinski definition) is 2. The highest BCUT2D eigenvalue weighted by Gasteiger charge is 2.23. The summed E-state index contributed by atoms with van der Waals surface area (Å²) in [4.78, 5) is 23.6. The summed E-state index contributed by atoms with van der Waals surface area (Å²) in [6.45, 7) is 3.89. The van der Waals surface area contributed by atoms with E-state index in [0.717, 1.165) is 12.8 Å². The number of hydrogen-bond acceptors (Lipinski definition) is 4. The average Bonchev–Trinajstić information content (AvgIpc) is 3.34. The highest BCUT2D eigenvalue weighted by molar-refractivity contribution is 5.97. The predicted molar refractivity (Wildman–Crippen MR) is 82.2 cm³/mol. The second-order valence-electron chi connectivity index (χ2n) is 4.99. The van der Waals surface area contributed by atoms with Crippen LogP contribution in [-0.4, -0.2) is 38.1 Å². The van der Waals surface area contributed by atoms with Gasteiger partial charge in [-0.15, -0.1) is 0 Å². The number of methoxy groups -OCH3 is 1. The largest absolute Gasteiger partial charge is 0.493 e. The molecule has 0 aliphatic heterocycles. The SMILES string of the molecule is C=CCOc1ccc(C(=O)NCC(=O)NC2CC2)cc1OC. The molecule has 1 saturated carbocycles. The van der Waals surface area contributed by atoms with E-state index in [2.05, 4.69) is 17.2 Å². The van der Waals surface area contributed by atoms with E-state index < -0.39 is 0 Å². The Hall–Kier alpha value is -2.50. The van der Waals surface area contributed by atoms with Crippen LogP contribution in [0.25, 0.3) is 0 Å². The Balaban J connectivity index is 1.93. The number of rotatable bonds is 8. The van der Waals surface area contributed by atoms with Gasteiger partial charge in [-0.25, -0.2) is 0 Å². The van der Waals surface area contributed by atoms with Crippen LogP contribution in [-0.2, 0) is 4.79 Å². The lowest BCUT2D eigenvalue weighted by molar-refractivity contribution is -0.120. The van der Waals surface area contributed by atoms with Gasteiger partial charge in [-0.1, -0.05) is 12.7 Å². The van der Waals surface area contributed by atoms with Crippen LogP contribution < -0.4 is 20.1 Å². The molecular formula is C16H20N2O4. The van der Waals surface area contributed by atoms with Crippen molar-refractivity contribution in [1.29, 1.82) is 0 Å². The van der Waals surface area contributed by atoms with E-state index in [9.17, 15) is 9.59 Å². The molecule has 6 nitrogen and oxygen atoms in total. The van der Waals surface area contributed by atoms with Crippen LogP contribution in [0.15, 0.2) is 30.9 Å². The summed E-state index contributed by atoms with van der Waals surface area (Å²) in [5.74, 6) is 0.482. The second kappa shape index (κ2) is 7.49. The summed E-state index contributed by atoms with van der Waals surface area (Å²) in [7, 11) is 1.50. The molecule has 0 saturated heterocycles. The number of carbonyl (C=O) groups excluding carboxylic acids is 2. The summed E-state index contributed by atoms with van der Waals surface area (Å²) in [5, 5.41) is 5.39. The Morgan fingerprint density at radius 1 is 1.36 bits per heavy atom. The maximum absolute atomic E-state index is 12.0. The molecular weight excluding hydrogens is 284 g/mol. The van der Waals surface area contributed by atoms with Crippen molar-refractivity contribution in [1.82, 2.24) is 10.6 Å². The van der Waals surface area contributed by atoms with E-state index in [-0.39, 0.29) is 24.4 Å². The number of benzene rings is 1. The minimum Gasteiger partial charge on any atom is -0.493 e. The van der Waals surface area contributed by atoms with Crippen LogP contribution >= 0.6 is 0 Å². The molecule has 2 rings (SSSR count). The van der Waals surface area contributed by atoms with Gasteiger partial charge in [0, 0.05) is 11.6 Å². The first-order chi connectivity index (χ1) is 10.6. The van der Waals surface area contributed by atoms with Crippen LogP contribution in [0.5, 0.6) is 11.5 Å². The molecule has 0 aromatic heterocycles. The van der Waals surface area contributed by atoms with E-state index in [1.54, 1.807) is 24.3 Å². The molecule has 0 unspecified atom stereocenters.